The van der Waals surface area contributed by atoms with Crippen molar-refractivity contribution in [3.8, 4) is 5.75 Å². The minimum atomic E-state index is -1.07. The molecule has 1 amide bonds. The molecule has 0 bridgehead atoms. The van der Waals surface area contributed by atoms with Crippen molar-refractivity contribution < 1.29 is 19.1 Å². The monoisotopic (exact) mass is 417 g/mol. The van der Waals surface area contributed by atoms with Crippen LogP contribution in [0.15, 0.2) is 72.8 Å². The molecule has 1 atom stereocenters. The standard InChI is InChI=1S/C26H27NO4/c1-4-30-23-13-9-8-12-22(23)27-26(29)25(21-10-6-5-7-11-21)31-24(28)17-20-15-14-18(2)19(3)16-20/h5-16,25H,4,17H2,1-3H3,(H,27,29)/t25-/m1/s1. The fraction of sp³-hybridized carbons (Fsp3) is 0.231. The van der Waals surface area contributed by atoms with Gasteiger partial charge in [-0.2, -0.15) is 0 Å². The molecule has 3 rings (SSSR count). The van der Waals surface area contributed by atoms with Crippen LogP contribution in [-0.2, 0) is 20.7 Å². The highest BCUT2D eigenvalue weighted by atomic mass is 16.5. The van der Waals surface area contributed by atoms with Gasteiger partial charge in [-0.05, 0) is 49.6 Å². The fourth-order valence-electron chi connectivity index (χ4n) is 3.20. The van der Waals surface area contributed by atoms with Crippen LogP contribution in [0.3, 0.4) is 0 Å². The minimum absolute atomic E-state index is 0.0905. The third-order valence-electron chi connectivity index (χ3n) is 4.95. The van der Waals surface area contributed by atoms with Gasteiger partial charge in [-0.1, -0.05) is 60.7 Å². The van der Waals surface area contributed by atoms with Crippen LogP contribution in [0, 0.1) is 13.8 Å². The van der Waals surface area contributed by atoms with Gasteiger partial charge in [0.25, 0.3) is 5.91 Å². The molecule has 0 aliphatic carbocycles. The molecule has 0 saturated heterocycles. The Labute approximate surface area is 183 Å². The summed E-state index contributed by atoms with van der Waals surface area (Å²) in [6, 6.07) is 22.0. The number of anilines is 1. The Morgan fingerprint density at radius 2 is 1.61 bits per heavy atom. The van der Waals surface area contributed by atoms with Crippen LogP contribution in [0.4, 0.5) is 5.69 Å². The van der Waals surface area contributed by atoms with E-state index in [4.69, 9.17) is 9.47 Å². The molecule has 3 aromatic carbocycles. The van der Waals surface area contributed by atoms with E-state index in [2.05, 4.69) is 5.32 Å². The summed E-state index contributed by atoms with van der Waals surface area (Å²) in [7, 11) is 0. The molecule has 0 heterocycles. The van der Waals surface area contributed by atoms with Gasteiger partial charge in [-0.15, -0.1) is 0 Å². The maximum Gasteiger partial charge on any atom is 0.311 e. The second kappa shape index (κ2) is 10.4. The first kappa shape index (κ1) is 22.1. The van der Waals surface area contributed by atoms with Crippen molar-refractivity contribution in [1.29, 1.82) is 0 Å². The highest BCUT2D eigenvalue weighted by molar-refractivity contribution is 5.97. The first-order chi connectivity index (χ1) is 15.0. The number of para-hydroxylation sites is 2. The summed E-state index contributed by atoms with van der Waals surface area (Å²) < 4.78 is 11.2. The smallest absolute Gasteiger partial charge is 0.311 e. The maximum atomic E-state index is 13.1. The summed E-state index contributed by atoms with van der Waals surface area (Å²) in [5.41, 5.74) is 4.24. The van der Waals surface area contributed by atoms with E-state index in [9.17, 15) is 9.59 Å². The Bertz CT molecular complexity index is 1050. The van der Waals surface area contributed by atoms with E-state index in [-0.39, 0.29) is 6.42 Å². The summed E-state index contributed by atoms with van der Waals surface area (Å²) in [6.07, 6.45) is -0.984. The molecule has 0 aliphatic heterocycles. The van der Waals surface area contributed by atoms with Crippen LogP contribution < -0.4 is 10.1 Å². The second-order valence-corrected chi connectivity index (χ2v) is 7.29. The highest BCUT2D eigenvalue weighted by Gasteiger charge is 2.26. The van der Waals surface area contributed by atoms with Gasteiger partial charge in [0.1, 0.15) is 5.75 Å². The van der Waals surface area contributed by atoms with Crippen LogP contribution >= 0.6 is 0 Å². The molecule has 0 aromatic heterocycles. The zero-order valence-electron chi connectivity index (χ0n) is 18.1. The van der Waals surface area contributed by atoms with Crippen LogP contribution in [-0.4, -0.2) is 18.5 Å². The number of benzene rings is 3. The molecule has 0 saturated carbocycles. The van der Waals surface area contributed by atoms with Crippen molar-refractivity contribution in [3.63, 3.8) is 0 Å². The number of aryl methyl sites for hydroxylation is 2. The Morgan fingerprint density at radius 1 is 0.903 bits per heavy atom. The quantitative estimate of drug-likeness (QED) is 0.514. The van der Waals surface area contributed by atoms with Crippen molar-refractivity contribution in [1.82, 2.24) is 0 Å². The van der Waals surface area contributed by atoms with Gasteiger partial charge in [0.15, 0.2) is 0 Å². The average molecular weight is 418 g/mol. The first-order valence-corrected chi connectivity index (χ1v) is 10.3. The Balaban J connectivity index is 1.79. The molecular weight excluding hydrogens is 390 g/mol. The zero-order chi connectivity index (χ0) is 22.2. The number of hydrogen-bond acceptors (Lipinski definition) is 4. The normalized spacial score (nSPS) is 11.5. The number of carbonyl (C=O) groups is 2. The molecular formula is C26H27NO4. The molecule has 160 valence electrons. The molecule has 3 aromatic rings. The number of amides is 1. The average Bonchev–Trinajstić information content (AvgIpc) is 2.77. The van der Waals surface area contributed by atoms with E-state index in [0.29, 0.717) is 23.6 Å². The van der Waals surface area contributed by atoms with Gasteiger partial charge in [0.2, 0.25) is 6.10 Å². The first-order valence-electron chi connectivity index (χ1n) is 10.3. The van der Waals surface area contributed by atoms with Crippen LogP contribution in [0.25, 0.3) is 0 Å². The molecule has 0 spiro atoms. The minimum Gasteiger partial charge on any atom is -0.492 e. The van der Waals surface area contributed by atoms with Crippen molar-refractivity contribution in [2.45, 2.75) is 33.3 Å². The summed E-state index contributed by atoms with van der Waals surface area (Å²) in [6.45, 7) is 6.37. The molecule has 0 radical (unpaired) electrons. The largest absolute Gasteiger partial charge is 0.492 e. The third kappa shape index (κ3) is 5.95. The summed E-state index contributed by atoms with van der Waals surface area (Å²) in [5, 5.41) is 2.84. The van der Waals surface area contributed by atoms with Gasteiger partial charge in [0, 0.05) is 5.56 Å². The third-order valence-corrected chi connectivity index (χ3v) is 4.95. The predicted molar refractivity (Wildman–Crippen MR) is 121 cm³/mol. The molecule has 0 fully saturated rings. The number of hydrogen-bond donors (Lipinski definition) is 1. The fourth-order valence-corrected chi connectivity index (χ4v) is 3.20. The number of carbonyl (C=O) groups excluding carboxylic acids is 2. The van der Waals surface area contributed by atoms with Gasteiger partial charge in [-0.3, -0.25) is 9.59 Å². The van der Waals surface area contributed by atoms with E-state index in [1.807, 2.05) is 51.1 Å². The van der Waals surface area contributed by atoms with E-state index in [1.165, 1.54) is 0 Å². The number of esters is 1. The zero-order valence-corrected chi connectivity index (χ0v) is 18.1. The summed E-state index contributed by atoms with van der Waals surface area (Å²) >= 11 is 0. The lowest BCUT2D eigenvalue weighted by molar-refractivity contribution is -0.154. The van der Waals surface area contributed by atoms with Crippen LogP contribution in [0.2, 0.25) is 0 Å². The van der Waals surface area contributed by atoms with E-state index < -0.39 is 18.0 Å². The van der Waals surface area contributed by atoms with Crippen molar-refractivity contribution in [3.05, 3.63) is 95.1 Å². The van der Waals surface area contributed by atoms with Crippen molar-refractivity contribution in [2.75, 3.05) is 11.9 Å². The van der Waals surface area contributed by atoms with Crippen molar-refractivity contribution >= 4 is 17.6 Å². The van der Waals surface area contributed by atoms with Crippen LogP contribution in [0.5, 0.6) is 5.75 Å². The number of nitrogens with one attached hydrogen (secondary N) is 1. The lowest BCUT2D eigenvalue weighted by Crippen LogP contribution is -2.26. The van der Waals surface area contributed by atoms with E-state index >= 15 is 0 Å². The molecule has 0 unspecified atom stereocenters. The molecule has 31 heavy (non-hydrogen) atoms. The van der Waals surface area contributed by atoms with E-state index in [1.54, 1.807) is 42.5 Å². The maximum absolute atomic E-state index is 13.1. The summed E-state index contributed by atoms with van der Waals surface area (Å²) in [5.74, 6) is -0.344. The molecule has 0 aliphatic rings. The molecule has 5 heteroatoms. The topological polar surface area (TPSA) is 64.6 Å². The van der Waals surface area contributed by atoms with Gasteiger partial charge < -0.3 is 14.8 Å². The number of ether oxygens (including phenoxy) is 2. The SMILES string of the molecule is CCOc1ccccc1NC(=O)[C@H](OC(=O)Cc1ccc(C)c(C)c1)c1ccccc1. The lowest BCUT2D eigenvalue weighted by atomic mass is 10.0. The predicted octanol–water partition coefficient (Wildman–Crippen LogP) is 5.17. The summed E-state index contributed by atoms with van der Waals surface area (Å²) in [4.78, 5) is 25.8. The Hall–Kier alpha value is -3.60. The lowest BCUT2D eigenvalue weighted by Gasteiger charge is -2.19. The Kier molecular flexibility index (Phi) is 7.44. The van der Waals surface area contributed by atoms with E-state index in [0.717, 1.165) is 16.7 Å². The highest BCUT2D eigenvalue weighted by Crippen LogP contribution is 2.27. The molecule has 5 nitrogen and oxygen atoms in total. The molecule has 1 N–H and O–H groups in total. The number of rotatable bonds is 8. The Morgan fingerprint density at radius 3 is 2.32 bits per heavy atom. The van der Waals surface area contributed by atoms with Gasteiger partial charge in [-0.25, -0.2) is 0 Å². The van der Waals surface area contributed by atoms with Crippen LogP contribution in [0.1, 0.15) is 35.3 Å². The van der Waals surface area contributed by atoms with Gasteiger partial charge in [0.05, 0.1) is 18.7 Å². The van der Waals surface area contributed by atoms with Crippen molar-refractivity contribution in [2.24, 2.45) is 0 Å². The second-order valence-electron chi connectivity index (χ2n) is 7.29. The van der Waals surface area contributed by atoms with Gasteiger partial charge >= 0.3 is 5.97 Å².